The molecule has 1 aliphatic rings. The molecule has 1 aliphatic heterocycles. The summed E-state index contributed by atoms with van der Waals surface area (Å²) in [6, 6.07) is 7.32. The van der Waals surface area contributed by atoms with Crippen LogP contribution in [0, 0.1) is 0 Å². The third-order valence-electron chi connectivity index (χ3n) is 5.71. The topological polar surface area (TPSA) is 149 Å². The number of allylic oxidation sites excluding steroid dienone is 1. The van der Waals surface area contributed by atoms with Crippen LogP contribution in [0.1, 0.15) is 31.0 Å². The Hall–Kier alpha value is -4.23. The normalized spacial score (nSPS) is 15.5. The summed E-state index contributed by atoms with van der Waals surface area (Å²) in [5.74, 6) is 1.11. The highest BCUT2D eigenvalue weighted by Gasteiger charge is 2.32. The van der Waals surface area contributed by atoms with Crippen molar-refractivity contribution in [1.29, 1.82) is 0 Å². The second-order valence-corrected chi connectivity index (χ2v) is 9.46. The Labute approximate surface area is 246 Å². The lowest BCUT2D eigenvalue weighted by Gasteiger charge is -2.28. The van der Waals surface area contributed by atoms with Gasteiger partial charge in [0.1, 0.15) is 13.2 Å². The number of hydrogen-bond donors (Lipinski definition) is 4. The molecule has 0 unspecified atom stereocenters. The largest absolute Gasteiger partial charge is 0.493 e. The van der Waals surface area contributed by atoms with Gasteiger partial charge in [-0.25, -0.2) is 9.59 Å². The molecule has 2 aromatic rings. The van der Waals surface area contributed by atoms with Gasteiger partial charge in [-0.05, 0) is 43.7 Å². The van der Waals surface area contributed by atoms with Crippen molar-refractivity contribution in [3.63, 3.8) is 0 Å². The minimum atomic E-state index is -1.17. The molecule has 1 heterocycles. The molecule has 3 rings (SSSR count). The second-order valence-electron chi connectivity index (χ2n) is 8.54. The summed E-state index contributed by atoms with van der Waals surface area (Å²) in [4.78, 5) is 24.5. The number of aliphatic hydroxyl groups excluding tert-OH is 1. The van der Waals surface area contributed by atoms with E-state index in [1.54, 1.807) is 43.3 Å². The number of esters is 1. The number of ether oxygens (including phenoxy) is 5. The lowest BCUT2D eigenvalue weighted by molar-refractivity contribution is -0.136. The maximum absolute atomic E-state index is 12.4. The molecule has 0 aromatic heterocycles. The van der Waals surface area contributed by atoms with E-state index in [0.29, 0.717) is 46.4 Å². The fourth-order valence-electron chi connectivity index (χ4n) is 3.95. The van der Waals surface area contributed by atoms with Gasteiger partial charge in [-0.15, -0.1) is 0 Å². The zero-order valence-electron chi connectivity index (χ0n) is 23.2. The zero-order valence-corrected chi connectivity index (χ0v) is 24.7. The van der Waals surface area contributed by atoms with Gasteiger partial charge in [0.15, 0.2) is 29.2 Å². The second kappa shape index (κ2) is 15.0. The Kier molecular flexibility index (Phi) is 11.4. The number of methoxy groups -OCH3 is 2. The third kappa shape index (κ3) is 8.14. The van der Waals surface area contributed by atoms with Gasteiger partial charge in [-0.1, -0.05) is 34.7 Å². The number of hydrazone groups is 1. The number of aliphatic hydroxyl groups is 1. The molecular formula is C28H33BrN4O8. The highest BCUT2D eigenvalue weighted by molar-refractivity contribution is 9.10. The molecule has 2 amide bonds. The molecule has 0 fully saturated rings. The van der Waals surface area contributed by atoms with Crippen LogP contribution in [0.5, 0.6) is 23.0 Å². The van der Waals surface area contributed by atoms with E-state index in [0.717, 1.165) is 4.47 Å². The van der Waals surface area contributed by atoms with E-state index in [2.05, 4.69) is 43.7 Å². The number of amides is 2. The number of carbonyl (C=O) groups is 2. The van der Waals surface area contributed by atoms with Gasteiger partial charge in [0.05, 0.1) is 38.7 Å². The first-order valence-corrected chi connectivity index (χ1v) is 13.4. The fourth-order valence-corrected chi connectivity index (χ4v) is 4.40. The quantitative estimate of drug-likeness (QED) is 0.0806. The molecule has 220 valence electrons. The number of halogens is 1. The van der Waals surface area contributed by atoms with Crippen molar-refractivity contribution in [1.82, 2.24) is 16.1 Å². The molecule has 4 N–H and O–H groups in total. The Morgan fingerprint density at radius 1 is 1.20 bits per heavy atom. The number of hydrogen-bond acceptors (Lipinski definition) is 10. The van der Waals surface area contributed by atoms with Gasteiger partial charge >= 0.3 is 12.0 Å². The van der Waals surface area contributed by atoms with Gasteiger partial charge in [-0.2, -0.15) is 5.10 Å². The molecule has 0 saturated heterocycles. The van der Waals surface area contributed by atoms with E-state index in [-0.39, 0.29) is 18.8 Å². The molecule has 2 atom stereocenters. The van der Waals surface area contributed by atoms with Crippen molar-refractivity contribution in [2.24, 2.45) is 5.10 Å². The molecule has 2 aromatic carbocycles. The highest BCUT2D eigenvalue weighted by atomic mass is 79.9. The van der Waals surface area contributed by atoms with Crippen LogP contribution >= 0.6 is 15.9 Å². The van der Waals surface area contributed by atoms with Crippen molar-refractivity contribution in [2.75, 3.05) is 34.0 Å². The summed E-state index contributed by atoms with van der Waals surface area (Å²) in [5, 5.41) is 19.9. The molecule has 0 aliphatic carbocycles. The van der Waals surface area contributed by atoms with Crippen LogP contribution in [0.15, 0.2) is 63.8 Å². The number of urea groups is 1. The summed E-state index contributed by atoms with van der Waals surface area (Å²) >= 11 is 3.43. The highest BCUT2D eigenvalue weighted by Crippen LogP contribution is 2.35. The fraction of sp³-hybridized carbons (Fsp3) is 0.321. The van der Waals surface area contributed by atoms with Crippen molar-refractivity contribution in [3.8, 4) is 23.0 Å². The standard InChI is InChI=1S/C28H33BrN4O8/c1-6-10-40-26-18(11-19(29)13-22(26)37-4)14-30-33-23(34)15-41-20-9-8-17(12-21(20)39-7-2)25-24(27(35)38-5)16(3)31-28(36)32-25/h6,8-9,11-14,23,25,33-34H,1,7,10,15H2,2-5H3,(H2,31,32,36)/b30-14+/t23-,25+/m0/s1. The molecule has 0 saturated carbocycles. The smallest absolute Gasteiger partial charge is 0.337 e. The first-order chi connectivity index (χ1) is 19.7. The molecular weight excluding hydrogens is 600 g/mol. The first-order valence-electron chi connectivity index (χ1n) is 12.6. The number of nitrogens with one attached hydrogen (secondary N) is 3. The zero-order chi connectivity index (χ0) is 29.9. The van der Waals surface area contributed by atoms with Crippen molar-refractivity contribution < 1.29 is 38.4 Å². The molecule has 0 bridgehead atoms. The summed E-state index contributed by atoms with van der Waals surface area (Å²) < 4.78 is 28.3. The Balaban J connectivity index is 1.73. The average Bonchev–Trinajstić information content (AvgIpc) is 2.95. The monoisotopic (exact) mass is 632 g/mol. The van der Waals surface area contributed by atoms with E-state index < -0.39 is 24.3 Å². The molecule has 41 heavy (non-hydrogen) atoms. The van der Waals surface area contributed by atoms with Crippen LogP contribution in [0.3, 0.4) is 0 Å². The van der Waals surface area contributed by atoms with Crippen LogP contribution in [-0.4, -0.2) is 63.6 Å². The van der Waals surface area contributed by atoms with Gasteiger partial charge in [0, 0.05) is 15.7 Å². The Morgan fingerprint density at radius 2 is 1.98 bits per heavy atom. The predicted octanol–water partition coefficient (Wildman–Crippen LogP) is 3.54. The number of rotatable bonds is 14. The van der Waals surface area contributed by atoms with Crippen molar-refractivity contribution >= 4 is 34.1 Å². The minimum Gasteiger partial charge on any atom is -0.493 e. The van der Waals surface area contributed by atoms with E-state index in [1.165, 1.54) is 20.4 Å². The minimum absolute atomic E-state index is 0.172. The van der Waals surface area contributed by atoms with Gasteiger partial charge in [0.25, 0.3) is 0 Å². The summed E-state index contributed by atoms with van der Waals surface area (Å²) in [5.41, 5.74) is 4.45. The van der Waals surface area contributed by atoms with Gasteiger partial charge in [0.2, 0.25) is 0 Å². The van der Waals surface area contributed by atoms with Crippen molar-refractivity contribution in [3.05, 3.63) is 69.9 Å². The Morgan fingerprint density at radius 3 is 2.66 bits per heavy atom. The van der Waals surface area contributed by atoms with E-state index in [4.69, 9.17) is 23.7 Å². The van der Waals surface area contributed by atoms with E-state index >= 15 is 0 Å². The maximum Gasteiger partial charge on any atom is 0.337 e. The molecule has 0 spiro atoms. The van der Waals surface area contributed by atoms with Crippen molar-refractivity contribution in [2.45, 2.75) is 26.1 Å². The van der Waals surface area contributed by atoms with Gasteiger partial charge in [-0.3, -0.25) is 5.43 Å². The third-order valence-corrected chi connectivity index (χ3v) is 6.17. The lowest BCUT2D eigenvalue weighted by Crippen LogP contribution is -2.45. The molecule has 12 nitrogen and oxygen atoms in total. The maximum atomic E-state index is 12.4. The van der Waals surface area contributed by atoms with Gasteiger partial charge < -0.3 is 39.4 Å². The van der Waals surface area contributed by atoms with E-state index in [9.17, 15) is 14.7 Å². The Bertz CT molecular complexity index is 1330. The summed E-state index contributed by atoms with van der Waals surface area (Å²) in [6.45, 7) is 7.52. The predicted molar refractivity (Wildman–Crippen MR) is 155 cm³/mol. The van der Waals surface area contributed by atoms with Crippen LogP contribution < -0.4 is 35.0 Å². The van der Waals surface area contributed by atoms with Crippen LogP contribution in [0.4, 0.5) is 4.79 Å². The average molecular weight is 633 g/mol. The van der Waals surface area contributed by atoms with Crippen LogP contribution in [-0.2, 0) is 9.53 Å². The summed E-state index contributed by atoms with van der Waals surface area (Å²) in [6.07, 6.45) is 1.92. The van der Waals surface area contributed by atoms with E-state index in [1.807, 2.05) is 6.92 Å². The van der Waals surface area contributed by atoms with Crippen LogP contribution in [0.2, 0.25) is 0 Å². The lowest BCUT2D eigenvalue weighted by atomic mass is 9.95. The number of carbonyl (C=O) groups excluding carboxylic acids is 2. The molecule has 0 radical (unpaired) electrons. The molecule has 13 heteroatoms. The SMILES string of the molecule is C=CCOc1c(/C=N/N[C@@H](O)COc2ccc([C@H]3NC(=O)NC(C)=C3C(=O)OC)cc2OCC)cc(Br)cc1OC. The number of benzene rings is 2. The first kappa shape index (κ1) is 31.3. The van der Waals surface area contributed by atoms with Crippen LogP contribution in [0.25, 0.3) is 0 Å². The summed E-state index contributed by atoms with van der Waals surface area (Å²) in [7, 11) is 2.80. The number of nitrogens with zero attached hydrogens (tertiary/aromatic N) is 1.